The molecule has 1 aromatic heterocycles. The highest BCUT2D eigenvalue weighted by Gasteiger charge is 2.38. The fourth-order valence-corrected chi connectivity index (χ4v) is 5.07. The molecule has 120 valence electrons. The number of thiophene rings is 1. The van der Waals surface area contributed by atoms with Crippen LogP contribution in [0.4, 0.5) is 0 Å². The Morgan fingerprint density at radius 3 is 2.76 bits per heavy atom. The number of sulfonamides is 1. The molecule has 0 bridgehead atoms. The fraction of sp³-hybridized carbons (Fsp3) is 0.714. The standard InChI is InChI=1S/C14H24N2O3S2/c1-11(2)15-9-12-8-14(20-10-12)21(17,18)16(6-7-19-3)13-4-5-13/h8,10-11,13,15H,4-7,9H2,1-3H3. The van der Waals surface area contributed by atoms with Crippen molar-refractivity contribution in [3.05, 3.63) is 17.0 Å². The number of rotatable bonds is 9. The molecular weight excluding hydrogens is 308 g/mol. The zero-order chi connectivity index (χ0) is 15.5. The lowest BCUT2D eigenvalue weighted by Crippen LogP contribution is -2.35. The van der Waals surface area contributed by atoms with Crippen LogP contribution in [0.1, 0.15) is 32.3 Å². The van der Waals surface area contributed by atoms with E-state index in [-0.39, 0.29) is 6.04 Å². The quantitative estimate of drug-likeness (QED) is 0.752. The second kappa shape index (κ2) is 7.19. The van der Waals surface area contributed by atoms with Gasteiger partial charge < -0.3 is 10.1 Å². The number of nitrogens with zero attached hydrogens (tertiary/aromatic N) is 1. The van der Waals surface area contributed by atoms with Gasteiger partial charge in [-0.25, -0.2) is 8.42 Å². The van der Waals surface area contributed by atoms with Gasteiger partial charge in [-0.3, -0.25) is 0 Å². The van der Waals surface area contributed by atoms with E-state index >= 15 is 0 Å². The highest BCUT2D eigenvalue weighted by Crippen LogP contribution is 2.33. The van der Waals surface area contributed by atoms with Gasteiger partial charge in [-0.1, -0.05) is 13.8 Å². The average molecular weight is 332 g/mol. The fourth-order valence-electron chi connectivity index (χ4n) is 2.06. The molecule has 0 amide bonds. The van der Waals surface area contributed by atoms with Crippen LogP contribution in [0.15, 0.2) is 15.7 Å². The predicted octanol–water partition coefficient (Wildman–Crippen LogP) is 2.05. The molecule has 21 heavy (non-hydrogen) atoms. The van der Waals surface area contributed by atoms with Crippen molar-refractivity contribution in [2.75, 3.05) is 20.3 Å². The van der Waals surface area contributed by atoms with E-state index in [1.165, 1.54) is 11.3 Å². The van der Waals surface area contributed by atoms with E-state index in [2.05, 4.69) is 19.2 Å². The minimum Gasteiger partial charge on any atom is -0.383 e. The summed E-state index contributed by atoms with van der Waals surface area (Å²) in [7, 11) is -1.79. The molecule has 0 saturated heterocycles. The Balaban J connectivity index is 2.10. The van der Waals surface area contributed by atoms with Crippen molar-refractivity contribution in [3.63, 3.8) is 0 Å². The van der Waals surface area contributed by atoms with E-state index in [1.807, 2.05) is 5.38 Å². The normalized spacial score (nSPS) is 16.0. The molecule has 1 aliphatic rings. The topological polar surface area (TPSA) is 58.6 Å². The zero-order valence-electron chi connectivity index (χ0n) is 12.8. The summed E-state index contributed by atoms with van der Waals surface area (Å²) in [5.41, 5.74) is 1.02. The minimum atomic E-state index is -3.38. The van der Waals surface area contributed by atoms with Gasteiger partial charge in [0.15, 0.2) is 0 Å². The number of methoxy groups -OCH3 is 1. The Bertz CT molecular complexity index is 550. The first-order chi connectivity index (χ1) is 9.95. The van der Waals surface area contributed by atoms with Crippen molar-refractivity contribution < 1.29 is 13.2 Å². The lowest BCUT2D eigenvalue weighted by atomic mass is 10.3. The summed E-state index contributed by atoms with van der Waals surface area (Å²) in [5.74, 6) is 0. The van der Waals surface area contributed by atoms with Gasteiger partial charge in [0.05, 0.1) is 6.61 Å². The third kappa shape index (κ3) is 4.50. The Morgan fingerprint density at radius 2 is 2.19 bits per heavy atom. The van der Waals surface area contributed by atoms with Crippen LogP contribution in [0.2, 0.25) is 0 Å². The summed E-state index contributed by atoms with van der Waals surface area (Å²) in [6.45, 7) is 5.71. The summed E-state index contributed by atoms with van der Waals surface area (Å²) in [4.78, 5) is 0. The summed E-state index contributed by atoms with van der Waals surface area (Å²) in [5, 5.41) is 5.22. The summed E-state index contributed by atoms with van der Waals surface area (Å²) >= 11 is 1.30. The van der Waals surface area contributed by atoms with Crippen LogP contribution < -0.4 is 5.32 Å². The molecule has 1 aromatic rings. The molecule has 0 radical (unpaired) electrons. The predicted molar refractivity (Wildman–Crippen MR) is 85.1 cm³/mol. The molecule has 1 heterocycles. The van der Waals surface area contributed by atoms with Gasteiger partial charge in [-0.15, -0.1) is 11.3 Å². The van der Waals surface area contributed by atoms with Crippen molar-refractivity contribution >= 4 is 21.4 Å². The molecule has 0 aromatic carbocycles. The molecular formula is C14H24N2O3S2. The molecule has 5 nitrogen and oxygen atoms in total. The number of ether oxygens (including phenoxy) is 1. The van der Waals surface area contributed by atoms with E-state index in [9.17, 15) is 8.42 Å². The molecule has 2 rings (SSSR count). The maximum atomic E-state index is 12.7. The zero-order valence-corrected chi connectivity index (χ0v) is 14.5. The molecule has 0 spiro atoms. The first kappa shape index (κ1) is 16.9. The molecule has 0 aliphatic heterocycles. The first-order valence-electron chi connectivity index (χ1n) is 7.26. The Morgan fingerprint density at radius 1 is 1.48 bits per heavy atom. The first-order valence-corrected chi connectivity index (χ1v) is 9.58. The highest BCUT2D eigenvalue weighted by atomic mass is 32.2. The van der Waals surface area contributed by atoms with Crippen molar-refractivity contribution in [1.82, 2.24) is 9.62 Å². The van der Waals surface area contributed by atoms with Crippen LogP contribution in [0, 0.1) is 0 Å². The van der Waals surface area contributed by atoms with Crippen molar-refractivity contribution in [1.29, 1.82) is 0 Å². The Labute approximate surface area is 131 Å². The van der Waals surface area contributed by atoms with Crippen LogP contribution in [0.5, 0.6) is 0 Å². The van der Waals surface area contributed by atoms with Crippen molar-refractivity contribution in [2.24, 2.45) is 0 Å². The van der Waals surface area contributed by atoms with Gasteiger partial charge in [-0.05, 0) is 29.9 Å². The lowest BCUT2D eigenvalue weighted by Gasteiger charge is -2.20. The molecule has 0 atom stereocenters. The summed E-state index contributed by atoms with van der Waals surface area (Å²) in [6.07, 6.45) is 1.91. The SMILES string of the molecule is COCCN(C1CC1)S(=O)(=O)c1cc(CNC(C)C)cs1. The van der Waals surface area contributed by atoms with E-state index in [0.717, 1.165) is 18.4 Å². The highest BCUT2D eigenvalue weighted by molar-refractivity contribution is 7.91. The average Bonchev–Trinajstić information content (AvgIpc) is 3.13. The number of hydrogen-bond donors (Lipinski definition) is 1. The molecule has 1 saturated carbocycles. The maximum absolute atomic E-state index is 12.7. The van der Waals surface area contributed by atoms with Crippen LogP contribution in [0.25, 0.3) is 0 Å². The van der Waals surface area contributed by atoms with Gasteiger partial charge >= 0.3 is 0 Å². The van der Waals surface area contributed by atoms with Crippen LogP contribution in [-0.4, -0.2) is 45.1 Å². The Hall–Kier alpha value is -0.470. The molecule has 1 N–H and O–H groups in total. The van der Waals surface area contributed by atoms with Gasteiger partial charge in [0.2, 0.25) is 0 Å². The van der Waals surface area contributed by atoms with Gasteiger partial charge in [0.25, 0.3) is 10.0 Å². The van der Waals surface area contributed by atoms with Gasteiger partial charge in [-0.2, -0.15) is 4.31 Å². The van der Waals surface area contributed by atoms with E-state index in [1.54, 1.807) is 17.5 Å². The lowest BCUT2D eigenvalue weighted by molar-refractivity contribution is 0.177. The van der Waals surface area contributed by atoms with Crippen LogP contribution in [-0.2, 0) is 21.3 Å². The van der Waals surface area contributed by atoms with Crippen LogP contribution >= 0.6 is 11.3 Å². The van der Waals surface area contributed by atoms with E-state index in [4.69, 9.17) is 4.74 Å². The van der Waals surface area contributed by atoms with E-state index in [0.29, 0.717) is 29.9 Å². The van der Waals surface area contributed by atoms with Gasteiger partial charge in [0.1, 0.15) is 4.21 Å². The van der Waals surface area contributed by atoms with Crippen LogP contribution in [0.3, 0.4) is 0 Å². The van der Waals surface area contributed by atoms with Crippen molar-refractivity contribution in [2.45, 2.75) is 49.5 Å². The summed E-state index contributed by atoms with van der Waals surface area (Å²) in [6, 6.07) is 2.33. The third-order valence-corrected chi connectivity index (χ3v) is 6.79. The number of nitrogens with one attached hydrogen (secondary N) is 1. The Kier molecular flexibility index (Phi) is 5.79. The molecule has 0 unspecified atom stereocenters. The second-order valence-electron chi connectivity index (χ2n) is 5.65. The summed E-state index contributed by atoms with van der Waals surface area (Å²) < 4.78 is 32.5. The molecule has 1 aliphatic carbocycles. The smallest absolute Gasteiger partial charge is 0.252 e. The second-order valence-corrected chi connectivity index (χ2v) is 8.68. The monoisotopic (exact) mass is 332 g/mol. The minimum absolute atomic E-state index is 0.157. The van der Waals surface area contributed by atoms with E-state index < -0.39 is 10.0 Å². The number of hydrogen-bond acceptors (Lipinski definition) is 5. The maximum Gasteiger partial charge on any atom is 0.252 e. The largest absolute Gasteiger partial charge is 0.383 e. The van der Waals surface area contributed by atoms with Crippen molar-refractivity contribution in [3.8, 4) is 0 Å². The van der Waals surface area contributed by atoms with Gasteiger partial charge in [0, 0.05) is 32.3 Å². The molecule has 1 fully saturated rings. The molecule has 7 heteroatoms. The third-order valence-electron chi connectivity index (χ3n) is 3.38.